The van der Waals surface area contributed by atoms with E-state index < -0.39 is 12.1 Å². The second-order valence-electron chi connectivity index (χ2n) is 4.51. The van der Waals surface area contributed by atoms with Crippen LogP contribution in [-0.4, -0.2) is 30.3 Å². The average molecular weight is 227 g/mol. The molecule has 0 bridgehead atoms. The van der Waals surface area contributed by atoms with Crippen molar-refractivity contribution in [3.05, 3.63) is 12.7 Å². The Morgan fingerprint density at radius 2 is 2.19 bits per heavy atom. The van der Waals surface area contributed by atoms with Crippen LogP contribution in [0.15, 0.2) is 12.7 Å². The minimum atomic E-state index is -0.809. The predicted molar refractivity (Wildman–Crippen MR) is 57.9 cm³/mol. The van der Waals surface area contributed by atoms with E-state index in [1.807, 2.05) is 13.8 Å². The molecule has 0 radical (unpaired) electrons. The summed E-state index contributed by atoms with van der Waals surface area (Å²) in [6.07, 6.45) is 0.937. The molecule has 1 saturated carbocycles. The van der Waals surface area contributed by atoms with E-state index in [2.05, 4.69) is 11.9 Å². The standard InChI is InChI=1S/C11H17NO4/c1-4-5-16-10(15)12-6-7-8(9(13)14)11(7,2)3/h4,7-8H,1,5-6H2,2-3H3,(H,12,15)(H,13,14)/t7-,8-/m0/s1. The summed E-state index contributed by atoms with van der Waals surface area (Å²) in [6.45, 7) is 7.67. The van der Waals surface area contributed by atoms with Gasteiger partial charge in [0.25, 0.3) is 0 Å². The molecule has 0 heterocycles. The lowest BCUT2D eigenvalue weighted by atomic mass is 10.1. The highest BCUT2D eigenvalue weighted by molar-refractivity contribution is 5.76. The Morgan fingerprint density at radius 3 is 2.62 bits per heavy atom. The number of aliphatic carboxylic acids is 1. The fraction of sp³-hybridized carbons (Fsp3) is 0.636. The first-order valence-corrected chi connectivity index (χ1v) is 5.15. The molecular weight excluding hydrogens is 210 g/mol. The van der Waals surface area contributed by atoms with E-state index in [1.54, 1.807) is 0 Å². The largest absolute Gasteiger partial charge is 0.481 e. The summed E-state index contributed by atoms with van der Waals surface area (Å²) >= 11 is 0. The molecule has 0 aromatic carbocycles. The van der Waals surface area contributed by atoms with Crippen LogP contribution in [0.3, 0.4) is 0 Å². The second-order valence-corrected chi connectivity index (χ2v) is 4.51. The monoisotopic (exact) mass is 227 g/mol. The number of alkyl carbamates (subject to hydrolysis) is 1. The molecule has 1 amide bonds. The number of carbonyl (C=O) groups is 2. The Balaban J connectivity index is 2.32. The van der Waals surface area contributed by atoms with Crippen LogP contribution in [0.5, 0.6) is 0 Å². The van der Waals surface area contributed by atoms with Gasteiger partial charge in [-0.25, -0.2) is 4.79 Å². The van der Waals surface area contributed by atoms with Crippen molar-refractivity contribution in [2.45, 2.75) is 13.8 Å². The Morgan fingerprint density at radius 1 is 1.56 bits per heavy atom. The zero-order valence-electron chi connectivity index (χ0n) is 9.53. The SMILES string of the molecule is C=CCOC(=O)NC[C@H]1[C@@H](C(=O)O)C1(C)C. The molecule has 0 aromatic heterocycles. The zero-order chi connectivity index (χ0) is 12.3. The molecule has 0 saturated heterocycles. The van der Waals surface area contributed by atoms with E-state index in [-0.39, 0.29) is 23.9 Å². The number of carboxylic acids is 1. The number of hydrogen-bond acceptors (Lipinski definition) is 3. The number of ether oxygens (including phenoxy) is 1. The molecule has 16 heavy (non-hydrogen) atoms. The van der Waals surface area contributed by atoms with E-state index in [9.17, 15) is 9.59 Å². The predicted octanol–water partition coefficient (Wildman–Crippen LogP) is 1.26. The highest BCUT2D eigenvalue weighted by Gasteiger charge is 2.61. The van der Waals surface area contributed by atoms with Crippen molar-refractivity contribution in [1.29, 1.82) is 0 Å². The van der Waals surface area contributed by atoms with Gasteiger partial charge in [-0.1, -0.05) is 26.5 Å². The molecule has 2 atom stereocenters. The molecule has 1 fully saturated rings. The van der Waals surface area contributed by atoms with Crippen LogP contribution < -0.4 is 5.32 Å². The average Bonchev–Trinajstić information content (AvgIpc) is 2.74. The maximum absolute atomic E-state index is 11.1. The second kappa shape index (κ2) is 4.55. The number of carboxylic acid groups (broad SMARTS) is 1. The third-order valence-corrected chi connectivity index (χ3v) is 3.12. The van der Waals surface area contributed by atoms with Gasteiger partial charge in [-0.2, -0.15) is 0 Å². The van der Waals surface area contributed by atoms with E-state index in [4.69, 9.17) is 9.84 Å². The molecule has 0 aliphatic heterocycles. The smallest absolute Gasteiger partial charge is 0.407 e. The summed E-state index contributed by atoms with van der Waals surface area (Å²) in [7, 11) is 0. The third kappa shape index (κ3) is 2.53. The van der Waals surface area contributed by atoms with Gasteiger partial charge in [0.05, 0.1) is 5.92 Å². The number of rotatable bonds is 5. The lowest BCUT2D eigenvalue weighted by Crippen LogP contribution is -2.27. The summed E-state index contributed by atoms with van der Waals surface area (Å²) in [5, 5.41) is 11.5. The number of nitrogens with one attached hydrogen (secondary N) is 1. The van der Waals surface area contributed by atoms with Gasteiger partial charge in [0.15, 0.2) is 0 Å². The van der Waals surface area contributed by atoms with Crippen LogP contribution in [-0.2, 0) is 9.53 Å². The fourth-order valence-electron chi connectivity index (χ4n) is 1.99. The summed E-state index contributed by atoms with van der Waals surface area (Å²) in [4.78, 5) is 21.9. The molecule has 0 spiro atoms. The van der Waals surface area contributed by atoms with Gasteiger partial charge in [0.1, 0.15) is 6.61 Å². The zero-order valence-corrected chi connectivity index (χ0v) is 9.53. The quantitative estimate of drug-likeness (QED) is 0.693. The van der Waals surface area contributed by atoms with Crippen molar-refractivity contribution < 1.29 is 19.4 Å². The number of amides is 1. The summed E-state index contributed by atoms with van der Waals surface area (Å²) < 4.78 is 4.72. The van der Waals surface area contributed by atoms with Gasteiger partial charge < -0.3 is 15.2 Å². The van der Waals surface area contributed by atoms with Crippen molar-refractivity contribution >= 4 is 12.1 Å². The Bertz CT molecular complexity index is 311. The van der Waals surface area contributed by atoms with Gasteiger partial charge in [0, 0.05) is 6.54 Å². The van der Waals surface area contributed by atoms with Crippen LogP contribution >= 0.6 is 0 Å². The van der Waals surface area contributed by atoms with Gasteiger partial charge >= 0.3 is 12.1 Å². The molecule has 1 aliphatic rings. The maximum Gasteiger partial charge on any atom is 0.407 e. The van der Waals surface area contributed by atoms with E-state index >= 15 is 0 Å². The lowest BCUT2D eigenvalue weighted by molar-refractivity contribution is -0.139. The van der Waals surface area contributed by atoms with Crippen LogP contribution in [0.2, 0.25) is 0 Å². The summed E-state index contributed by atoms with van der Waals surface area (Å²) in [5.41, 5.74) is -0.252. The van der Waals surface area contributed by atoms with Crippen LogP contribution in [0.1, 0.15) is 13.8 Å². The van der Waals surface area contributed by atoms with Crippen molar-refractivity contribution in [1.82, 2.24) is 5.32 Å². The van der Waals surface area contributed by atoms with Gasteiger partial charge in [0.2, 0.25) is 0 Å². The minimum Gasteiger partial charge on any atom is -0.481 e. The van der Waals surface area contributed by atoms with Crippen LogP contribution in [0, 0.1) is 17.3 Å². The van der Waals surface area contributed by atoms with Crippen molar-refractivity contribution in [3.63, 3.8) is 0 Å². The molecule has 2 N–H and O–H groups in total. The molecule has 1 rings (SSSR count). The lowest BCUT2D eigenvalue weighted by Gasteiger charge is -2.05. The first kappa shape index (κ1) is 12.5. The Labute approximate surface area is 94.5 Å². The molecule has 0 aromatic rings. The van der Waals surface area contributed by atoms with Gasteiger partial charge in [-0.3, -0.25) is 4.79 Å². The Hall–Kier alpha value is -1.52. The molecular formula is C11H17NO4. The molecule has 5 heteroatoms. The number of hydrogen-bond donors (Lipinski definition) is 2. The molecule has 5 nitrogen and oxygen atoms in total. The summed E-state index contributed by atoms with van der Waals surface area (Å²) in [5.74, 6) is -1.22. The minimum absolute atomic E-state index is 0.0266. The van der Waals surface area contributed by atoms with E-state index in [1.165, 1.54) is 6.08 Å². The topological polar surface area (TPSA) is 75.6 Å². The number of carbonyl (C=O) groups excluding carboxylic acids is 1. The molecule has 90 valence electrons. The van der Waals surface area contributed by atoms with Crippen molar-refractivity contribution in [3.8, 4) is 0 Å². The molecule has 1 aliphatic carbocycles. The third-order valence-electron chi connectivity index (χ3n) is 3.12. The highest BCUT2D eigenvalue weighted by atomic mass is 16.5. The normalized spacial score (nSPS) is 25.6. The Kier molecular flexibility index (Phi) is 3.57. The first-order valence-electron chi connectivity index (χ1n) is 5.15. The van der Waals surface area contributed by atoms with Gasteiger partial charge in [-0.05, 0) is 11.3 Å². The summed E-state index contributed by atoms with van der Waals surface area (Å²) in [6, 6.07) is 0. The first-order chi connectivity index (χ1) is 7.41. The van der Waals surface area contributed by atoms with Crippen molar-refractivity contribution in [2.75, 3.05) is 13.2 Å². The van der Waals surface area contributed by atoms with E-state index in [0.717, 1.165) is 0 Å². The van der Waals surface area contributed by atoms with Crippen molar-refractivity contribution in [2.24, 2.45) is 17.3 Å². The molecule has 0 unspecified atom stereocenters. The van der Waals surface area contributed by atoms with Crippen LogP contribution in [0.25, 0.3) is 0 Å². The highest BCUT2D eigenvalue weighted by Crippen LogP contribution is 2.57. The fourth-order valence-corrected chi connectivity index (χ4v) is 1.99. The van der Waals surface area contributed by atoms with Crippen LogP contribution in [0.4, 0.5) is 4.79 Å². The maximum atomic E-state index is 11.1. The van der Waals surface area contributed by atoms with E-state index in [0.29, 0.717) is 6.54 Å². The van der Waals surface area contributed by atoms with Gasteiger partial charge in [-0.15, -0.1) is 0 Å².